The first-order valence-electron chi connectivity index (χ1n) is 5.57. The monoisotopic (exact) mass is 329 g/mol. The van der Waals surface area contributed by atoms with Crippen molar-refractivity contribution in [2.45, 2.75) is 13.0 Å². The highest BCUT2D eigenvalue weighted by atomic mass is 79.9. The molecular formula is C14H11BrF3N. The molecule has 0 saturated heterocycles. The van der Waals surface area contributed by atoms with Gasteiger partial charge in [-0.15, -0.1) is 0 Å². The fourth-order valence-electron chi connectivity index (χ4n) is 1.79. The molecule has 100 valence electrons. The quantitative estimate of drug-likeness (QED) is 0.876. The molecule has 1 unspecified atom stereocenters. The van der Waals surface area contributed by atoms with Crippen LogP contribution in [-0.4, -0.2) is 0 Å². The fourth-order valence-corrected chi connectivity index (χ4v) is 2.18. The molecular weight excluding hydrogens is 319 g/mol. The summed E-state index contributed by atoms with van der Waals surface area (Å²) in [5.41, 5.74) is 6.66. The van der Waals surface area contributed by atoms with E-state index in [1.807, 2.05) is 0 Å². The first kappa shape index (κ1) is 14.1. The maximum atomic E-state index is 13.8. The molecule has 0 aromatic heterocycles. The van der Waals surface area contributed by atoms with Crippen molar-refractivity contribution < 1.29 is 13.2 Å². The summed E-state index contributed by atoms with van der Waals surface area (Å²) in [6.45, 7) is 1.47. The maximum Gasteiger partial charge on any atom is 0.164 e. The second-order valence-corrected chi connectivity index (χ2v) is 5.11. The minimum absolute atomic E-state index is 0.0432. The Morgan fingerprint density at radius 2 is 1.74 bits per heavy atom. The van der Waals surface area contributed by atoms with Gasteiger partial charge >= 0.3 is 0 Å². The van der Waals surface area contributed by atoms with E-state index in [1.165, 1.54) is 37.3 Å². The topological polar surface area (TPSA) is 26.0 Å². The standard InChI is InChI=1S/C14H11BrF3N/c1-7-2-4-9(13(18)12(7)17)14(19)8-3-5-11(16)10(15)6-8/h2-6,14H,19H2,1H3. The molecule has 0 aliphatic heterocycles. The summed E-state index contributed by atoms with van der Waals surface area (Å²) in [6, 6.07) is 6.18. The predicted molar refractivity (Wildman–Crippen MR) is 71.2 cm³/mol. The van der Waals surface area contributed by atoms with E-state index in [-0.39, 0.29) is 15.6 Å². The molecule has 0 aliphatic rings. The summed E-state index contributed by atoms with van der Waals surface area (Å²) in [7, 11) is 0. The van der Waals surface area contributed by atoms with Gasteiger partial charge in [0.15, 0.2) is 11.6 Å². The Bertz CT molecular complexity index is 628. The Morgan fingerprint density at radius 3 is 2.37 bits per heavy atom. The molecule has 0 radical (unpaired) electrons. The lowest BCUT2D eigenvalue weighted by molar-refractivity contribution is 0.489. The van der Waals surface area contributed by atoms with Crippen molar-refractivity contribution in [3.8, 4) is 0 Å². The largest absolute Gasteiger partial charge is 0.320 e. The van der Waals surface area contributed by atoms with Gasteiger partial charge in [-0.1, -0.05) is 18.2 Å². The molecule has 19 heavy (non-hydrogen) atoms. The average Bonchev–Trinajstić information content (AvgIpc) is 2.39. The highest BCUT2D eigenvalue weighted by Crippen LogP contribution is 2.27. The molecule has 5 heteroatoms. The van der Waals surface area contributed by atoms with Crippen LogP contribution in [-0.2, 0) is 0 Å². The number of hydrogen-bond donors (Lipinski definition) is 1. The van der Waals surface area contributed by atoms with Gasteiger partial charge in [0.2, 0.25) is 0 Å². The Morgan fingerprint density at radius 1 is 1.05 bits per heavy atom. The molecule has 1 atom stereocenters. The minimum atomic E-state index is -0.965. The van der Waals surface area contributed by atoms with E-state index in [0.29, 0.717) is 5.56 Å². The van der Waals surface area contributed by atoms with Crippen LogP contribution in [0.3, 0.4) is 0 Å². The predicted octanol–water partition coefficient (Wildman–Crippen LogP) is 4.22. The molecule has 2 rings (SSSR count). The highest BCUT2D eigenvalue weighted by Gasteiger charge is 2.18. The fraction of sp³-hybridized carbons (Fsp3) is 0.143. The number of aryl methyl sites for hydroxylation is 1. The van der Waals surface area contributed by atoms with E-state index in [9.17, 15) is 13.2 Å². The molecule has 0 aliphatic carbocycles. The Kier molecular flexibility index (Phi) is 3.96. The third-order valence-corrected chi connectivity index (χ3v) is 3.55. The molecule has 1 nitrogen and oxygen atoms in total. The lowest BCUT2D eigenvalue weighted by Crippen LogP contribution is -2.15. The number of hydrogen-bond acceptors (Lipinski definition) is 1. The van der Waals surface area contributed by atoms with Crippen LogP contribution in [0.4, 0.5) is 13.2 Å². The number of nitrogens with two attached hydrogens (primary N) is 1. The van der Waals surface area contributed by atoms with Crippen LogP contribution in [0.5, 0.6) is 0 Å². The van der Waals surface area contributed by atoms with Crippen molar-refractivity contribution in [1.29, 1.82) is 0 Å². The maximum absolute atomic E-state index is 13.8. The van der Waals surface area contributed by atoms with Gasteiger partial charge in [0.05, 0.1) is 10.5 Å². The summed E-state index contributed by atoms with van der Waals surface area (Å²) >= 11 is 3.03. The zero-order valence-corrected chi connectivity index (χ0v) is 11.6. The second kappa shape index (κ2) is 5.35. The lowest BCUT2D eigenvalue weighted by Gasteiger charge is -2.15. The molecule has 0 heterocycles. The average molecular weight is 330 g/mol. The van der Waals surface area contributed by atoms with Crippen molar-refractivity contribution in [3.63, 3.8) is 0 Å². The first-order chi connectivity index (χ1) is 8.91. The second-order valence-electron chi connectivity index (χ2n) is 4.25. The Hall–Kier alpha value is -1.33. The van der Waals surface area contributed by atoms with E-state index in [4.69, 9.17) is 5.73 Å². The number of rotatable bonds is 2. The van der Waals surface area contributed by atoms with E-state index in [2.05, 4.69) is 15.9 Å². The lowest BCUT2D eigenvalue weighted by atomic mass is 9.98. The number of halogens is 4. The Labute approximate surface area is 117 Å². The van der Waals surface area contributed by atoms with Crippen LogP contribution in [0, 0.1) is 24.4 Å². The van der Waals surface area contributed by atoms with Gasteiger partial charge in [-0.25, -0.2) is 13.2 Å². The summed E-state index contributed by atoms with van der Waals surface area (Å²) in [5.74, 6) is -2.31. The third kappa shape index (κ3) is 2.67. The van der Waals surface area contributed by atoms with Crippen molar-refractivity contribution >= 4 is 15.9 Å². The molecule has 2 aromatic rings. The summed E-state index contributed by atoms with van der Waals surface area (Å²) in [4.78, 5) is 0. The van der Waals surface area contributed by atoms with E-state index < -0.39 is 23.5 Å². The van der Waals surface area contributed by atoms with Crippen LogP contribution in [0.2, 0.25) is 0 Å². The molecule has 2 aromatic carbocycles. The van der Waals surface area contributed by atoms with Gasteiger partial charge in [-0.05, 0) is 46.1 Å². The molecule has 0 fully saturated rings. The minimum Gasteiger partial charge on any atom is -0.320 e. The highest BCUT2D eigenvalue weighted by molar-refractivity contribution is 9.10. The van der Waals surface area contributed by atoms with Gasteiger partial charge in [0.1, 0.15) is 5.82 Å². The normalized spacial score (nSPS) is 12.5. The molecule has 0 saturated carbocycles. The van der Waals surface area contributed by atoms with Gasteiger partial charge in [0.25, 0.3) is 0 Å². The zero-order chi connectivity index (χ0) is 14.2. The van der Waals surface area contributed by atoms with Crippen LogP contribution in [0.25, 0.3) is 0 Å². The SMILES string of the molecule is Cc1ccc(C(N)c2ccc(F)c(Br)c2)c(F)c1F. The van der Waals surface area contributed by atoms with Gasteiger partial charge in [0, 0.05) is 5.56 Å². The van der Waals surface area contributed by atoms with E-state index >= 15 is 0 Å². The zero-order valence-electron chi connectivity index (χ0n) is 10.1. The van der Waals surface area contributed by atoms with Crippen molar-refractivity contribution in [3.05, 3.63) is 68.9 Å². The molecule has 0 bridgehead atoms. The molecule has 2 N–H and O–H groups in total. The summed E-state index contributed by atoms with van der Waals surface area (Å²) in [6.07, 6.45) is 0. The summed E-state index contributed by atoms with van der Waals surface area (Å²) in [5, 5.41) is 0. The Balaban J connectivity index is 2.47. The van der Waals surface area contributed by atoms with Crippen molar-refractivity contribution in [1.82, 2.24) is 0 Å². The smallest absolute Gasteiger partial charge is 0.164 e. The van der Waals surface area contributed by atoms with Crippen molar-refractivity contribution in [2.75, 3.05) is 0 Å². The number of benzene rings is 2. The third-order valence-electron chi connectivity index (χ3n) is 2.94. The van der Waals surface area contributed by atoms with Gasteiger partial charge in [-0.2, -0.15) is 0 Å². The summed E-state index contributed by atoms with van der Waals surface area (Å²) < 4.78 is 40.7. The molecule has 0 spiro atoms. The van der Waals surface area contributed by atoms with Crippen LogP contribution in [0.1, 0.15) is 22.7 Å². The van der Waals surface area contributed by atoms with E-state index in [0.717, 1.165) is 0 Å². The van der Waals surface area contributed by atoms with Gasteiger partial charge < -0.3 is 5.73 Å². The first-order valence-corrected chi connectivity index (χ1v) is 6.36. The van der Waals surface area contributed by atoms with Gasteiger partial charge in [-0.3, -0.25) is 0 Å². The van der Waals surface area contributed by atoms with E-state index in [1.54, 1.807) is 0 Å². The van der Waals surface area contributed by atoms with Crippen LogP contribution < -0.4 is 5.73 Å². The molecule has 0 amide bonds. The van der Waals surface area contributed by atoms with Crippen LogP contribution >= 0.6 is 15.9 Å². The van der Waals surface area contributed by atoms with Crippen molar-refractivity contribution in [2.24, 2.45) is 5.73 Å². The van der Waals surface area contributed by atoms with Crippen LogP contribution in [0.15, 0.2) is 34.8 Å².